The molecule has 1 amide bonds. The van der Waals surface area contributed by atoms with Crippen molar-refractivity contribution in [3.8, 4) is 5.69 Å². The van der Waals surface area contributed by atoms with Gasteiger partial charge in [0.05, 0.1) is 22.6 Å². The highest BCUT2D eigenvalue weighted by Crippen LogP contribution is 2.31. The molecule has 0 saturated heterocycles. The van der Waals surface area contributed by atoms with Gasteiger partial charge >= 0.3 is 0 Å². The Morgan fingerprint density at radius 1 is 1.09 bits per heavy atom. The van der Waals surface area contributed by atoms with Gasteiger partial charge in [-0.1, -0.05) is 54.8 Å². The molecule has 1 fully saturated rings. The normalized spacial score (nSPS) is 15.4. The Balaban J connectivity index is 1.88. The molecule has 0 bridgehead atoms. The number of rotatable bonds is 6. The average molecular weight is 496 g/mol. The van der Waals surface area contributed by atoms with Crippen molar-refractivity contribution in [1.82, 2.24) is 14.5 Å². The van der Waals surface area contributed by atoms with Crippen molar-refractivity contribution in [2.24, 2.45) is 11.8 Å². The van der Waals surface area contributed by atoms with Gasteiger partial charge in [-0.15, -0.1) is 0 Å². The van der Waals surface area contributed by atoms with E-state index in [0.717, 1.165) is 35.8 Å². The van der Waals surface area contributed by atoms with Crippen LogP contribution >= 0.6 is 15.9 Å². The van der Waals surface area contributed by atoms with Crippen LogP contribution in [0.15, 0.2) is 57.8 Å². The van der Waals surface area contributed by atoms with Gasteiger partial charge in [0.2, 0.25) is 5.91 Å². The molecular formula is C26H30BrN3O2. The fourth-order valence-corrected chi connectivity index (χ4v) is 4.91. The summed E-state index contributed by atoms with van der Waals surface area (Å²) in [5.74, 6) is 1.18. The number of hydrogen-bond acceptors (Lipinski definition) is 3. The van der Waals surface area contributed by atoms with E-state index < -0.39 is 0 Å². The molecule has 0 aliphatic heterocycles. The predicted molar refractivity (Wildman–Crippen MR) is 132 cm³/mol. The Hall–Kier alpha value is -2.47. The van der Waals surface area contributed by atoms with Crippen molar-refractivity contribution in [2.75, 3.05) is 6.54 Å². The van der Waals surface area contributed by atoms with E-state index in [1.807, 2.05) is 60.4 Å². The molecule has 1 aliphatic rings. The zero-order valence-corrected chi connectivity index (χ0v) is 20.5. The zero-order valence-electron chi connectivity index (χ0n) is 18.9. The summed E-state index contributed by atoms with van der Waals surface area (Å²) in [5, 5.41) is 0.573. The van der Waals surface area contributed by atoms with Crippen LogP contribution in [-0.2, 0) is 4.79 Å². The maximum atomic E-state index is 13.6. The first-order chi connectivity index (χ1) is 15.4. The lowest BCUT2D eigenvalue weighted by Gasteiger charge is -2.33. The van der Waals surface area contributed by atoms with Crippen LogP contribution in [-0.4, -0.2) is 26.9 Å². The Morgan fingerprint density at radius 3 is 2.41 bits per heavy atom. The molecule has 1 atom stereocenters. The lowest BCUT2D eigenvalue weighted by molar-refractivity contribution is -0.138. The number of carbonyl (C=O) groups is 1. The second-order valence-electron chi connectivity index (χ2n) is 9.15. The summed E-state index contributed by atoms with van der Waals surface area (Å²) in [6.07, 6.45) is 4.12. The topological polar surface area (TPSA) is 55.2 Å². The van der Waals surface area contributed by atoms with Crippen molar-refractivity contribution in [3.05, 3.63) is 69.2 Å². The first kappa shape index (κ1) is 22.7. The first-order valence-corrected chi connectivity index (χ1v) is 12.2. The number of aromatic nitrogens is 2. The smallest absolute Gasteiger partial charge is 0.266 e. The lowest BCUT2D eigenvalue weighted by Crippen LogP contribution is -2.42. The van der Waals surface area contributed by atoms with E-state index in [1.54, 1.807) is 4.57 Å². The van der Waals surface area contributed by atoms with Gasteiger partial charge in [-0.3, -0.25) is 14.2 Å². The summed E-state index contributed by atoms with van der Waals surface area (Å²) in [6.45, 7) is 6.88. The predicted octanol–water partition coefficient (Wildman–Crippen LogP) is 5.88. The van der Waals surface area contributed by atoms with Crippen LogP contribution in [0, 0.1) is 11.8 Å². The van der Waals surface area contributed by atoms with Crippen LogP contribution in [0.3, 0.4) is 0 Å². The van der Waals surface area contributed by atoms with Crippen LogP contribution in [0.5, 0.6) is 0 Å². The summed E-state index contributed by atoms with van der Waals surface area (Å²) in [6, 6.07) is 14.7. The molecule has 2 aromatic carbocycles. The SMILES string of the molecule is CC(C)CN(C(=O)C1CCCC1)C(C)c1nc2ccccc2c(=O)n1-c1ccc(Br)cc1. The molecule has 4 rings (SSSR count). The molecule has 6 heteroatoms. The van der Waals surface area contributed by atoms with Gasteiger partial charge in [0.15, 0.2) is 0 Å². The van der Waals surface area contributed by atoms with Crippen molar-refractivity contribution in [3.63, 3.8) is 0 Å². The molecule has 1 aromatic heterocycles. The van der Waals surface area contributed by atoms with Crippen LogP contribution in [0.2, 0.25) is 0 Å². The van der Waals surface area contributed by atoms with Gasteiger partial charge in [-0.05, 0) is 62.1 Å². The molecule has 1 heterocycles. The monoisotopic (exact) mass is 495 g/mol. The van der Waals surface area contributed by atoms with Gasteiger partial charge in [-0.25, -0.2) is 4.98 Å². The van der Waals surface area contributed by atoms with E-state index in [9.17, 15) is 9.59 Å². The van der Waals surface area contributed by atoms with Gasteiger partial charge in [-0.2, -0.15) is 0 Å². The van der Waals surface area contributed by atoms with Crippen molar-refractivity contribution in [1.29, 1.82) is 0 Å². The minimum absolute atomic E-state index is 0.0736. The number of nitrogens with zero attached hydrogens (tertiary/aromatic N) is 3. The number of amides is 1. The maximum absolute atomic E-state index is 13.6. The number of para-hydroxylation sites is 1. The third kappa shape index (κ3) is 4.51. The molecule has 32 heavy (non-hydrogen) atoms. The number of benzene rings is 2. The minimum atomic E-state index is -0.327. The molecule has 0 spiro atoms. The second-order valence-corrected chi connectivity index (χ2v) is 10.1. The third-order valence-electron chi connectivity index (χ3n) is 6.28. The van der Waals surface area contributed by atoms with Crippen molar-refractivity contribution >= 4 is 32.7 Å². The van der Waals surface area contributed by atoms with E-state index in [2.05, 4.69) is 29.8 Å². The molecule has 1 unspecified atom stereocenters. The van der Waals surface area contributed by atoms with E-state index in [4.69, 9.17) is 4.98 Å². The van der Waals surface area contributed by atoms with Crippen molar-refractivity contribution < 1.29 is 4.79 Å². The second kappa shape index (κ2) is 9.57. The molecule has 3 aromatic rings. The highest BCUT2D eigenvalue weighted by atomic mass is 79.9. The summed E-state index contributed by atoms with van der Waals surface area (Å²) in [5.41, 5.74) is 1.29. The van der Waals surface area contributed by atoms with Crippen LogP contribution in [0.4, 0.5) is 0 Å². The van der Waals surface area contributed by atoms with E-state index >= 15 is 0 Å². The van der Waals surface area contributed by atoms with Crippen LogP contribution in [0.25, 0.3) is 16.6 Å². The molecule has 0 radical (unpaired) electrons. The Kier molecular flexibility index (Phi) is 6.79. The number of hydrogen-bond donors (Lipinski definition) is 0. The quantitative estimate of drug-likeness (QED) is 0.428. The summed E-state index contributed by atoms with van der Waals surface area (Å²) >= 11 is 3.47. The summed E-state index contributed by atoms with van der Waals surface area (Å²) < 4.78 is 2.62. The molecule has 1 aliphatic carbocycles. The average Bonchev–Trinajstić information content (AvgIpc) is 3.32. The van der Waals surface area contributed by atoms with E-state index in [-0.39, 0.29) is 23.4 Å². The van der Waals surface area contributed by atoms with Gasteiger partial charge in [0.25, 0.3) is 5.56 Å². The van der Waals surface area contributed by atoms with Gasteiger partial charge < -0.3 is 4.90 Å². The van der Waals surface area contributed by atoms with Crippen molar-refractivity contribution in [2.45, 2.75) is 52.5 Å². The Bertz CT molecular complexity index is 1160. The standard InChI is InChI=1S/C26H30BrN3O2/c1-17(2)16-29(25(31)19-8-4-5-9-19)18(3)24-28-23-11-7-6-10-22(23)26(32)30(24)21-14-12-20(27)13-15-21/h6-7,10-15,17-19H,4-5,8-9,16H2,1-3H3. The molecule has 168 valence electrons. The van der Waals surface area contributed by atoms with Gasteiger partial charge in [0.1, 0.15) is 5.82 Å². The Labute approximate surface area is 197 Å². The number of fused-ring (bicyclic) bond motifs is 1. The maximum Gasteiger partial charge on any atom is 0.266 e. The molecule has 1 saturated carbocycles. The third-order valence-corrected chi connectivity index (χ3v) is 6.81. The fourth-order valence-electron chi connectivity index (χ4n) is 4.65. The largest absolute Gasteiger partial charge is 0.332 e. The molecule has 0 N–H and O–H groups in total. The highest BCUT2D eigenvalue weighted by molar-refractivity contribution is 9.10. The van der Waals surface area contributed by atoms with Crippen LogP contribution in [0.1, 0.15) is 58.3 Å². The summed E-state index contributed by atoms with van der Waals surface area (Å²) in [4.78, 5) is 34.0. The highest BCUT2D eigenvalue weighted by Gasteiger charge is 2.33. The molecular weight excluding hydrogens is 466 g/mol. The lowest BCUT2D eigenvalue weighted by atomic mass is 10.0. The van der Waals surface area contributed by atoms with E-state index in [0.29, 0.717) is 29.2 Å². The first-order valence-electron chi connectivity index (χ1n) is 11.4. The zero-order chi connectivity index (χ0) is 22.8. The van der Waals surface area contributed by atoms with Gasteiger partial charge in [0, 0.05) is 16.9 Å². The fraction of sp³-hybridized carbons (Fsp3) is 0.423. The summed E-state index contributed by atoms with van der Waals surface area (Å²) in [7, 11) is 0. The molecule has 5 nitrogen and oxygen atoms in total. The van der Waals surface area contributed by atoms with Crippen LogP contribution < -0.4 is 5.56 Å². The minimum Gasteiger partial charge on any atom is -0.332 e. The van der Waals surface area contributed by atoms with E-state index in [1.165, 1.54) is 0 Å². The number of carbonyl (C=O) groups excluding carboxylic acids is 1. The Morgan fingerprint density at radius 2 is 1.75 bits per heavy atom. The number of halogens is 1.